The third kappa shape index (κ3) is 4.64. The van der Waals surface area contributed by atoms with E-state index >= 15 is 0 Å². The van der Waals surface area contributed by atoms with Crippen LogP contribution in [0.5, 0.6) is 5.75 Å². The molecule has 7 nitrogen and oxygen atoms in total. The molecule has 1 saturated carbocycles. The molecule has 0 saturated heterocycles. The van der Waals surface area contributed by atoms with Crippen molar-refractivity contribution in [3.63, 3.8) is 0 Å². The Morgan fingerprint density at radius 2 is 1.96 bits per heavy atom. The molecular formula is C19H21ClN2O5S. The second-order valence-corrected chi connectivity index (χ2v) is 8.70. The van der Waals surface area contributed by atoms with E-state index in [1.54, 1.807) is 24.3 Å². The zero-order valence-electron chi connectivity index (χ0n) is 15.2. The van der Waals surface area contributed by atoms with Crippen LogP contribution in [0.2, 0.25) is 5.02 Å². The molecule has 2 atom stereocenters. The van der Waals surface area contributed by atoms with Gasteiger partial charge in [0, 0.05) is 6.04 Å². The zero-order chi connectivity index (χ0) is 20.3. The second kappa shape index (κ2) is 8.48. The quantitative estimate of drug-likeness (QED) is 0.661. The standard InChI is InChI=1S/C19H21ClN2O5S/c1-27-18-9-8-14(28(25,26)22-12-6-7-13(23)10-12)11-15(18)19(24)21-17-5-3-2-4-16(17)20/h2-5,8-9,11-13,22-23H,6-7,10H2,1H3,(H,21,24)/t12-,13+/m1/s1. The second-order valence-electron chi connectivity index (χ2n) is 6.58. The topological polar surface area (TPSA) is 105 Å². The number of sulfonamides is 1. The fourth-order valence-corrected chi connectivity index (χ4v) is 4.63. The largest absolute Gasteiger partial charge is 0.496 e. The van der Waals surface area contributed by atoms with Gasteiger partial charge in [-0.3, -0.25) is 4.79 Å². The van der Waals surface area contributed by atoms with Crippen LogP contribution in [-0.2, 0) is 10.0 Å². The Kier molecular flexibility index (Phi) is 6.24. The van der Waals surface area contributed by atoms with Gasteiger partial charge in [0.15, 0.2) is 0 Å². The minimum atomic E-state index is -3.85. The molecule has 0 radical (unpaired) electrons. The summed E-state index contributed by atoms with van der Waals surface area (Å²) in [7, 11) is -2.46. The Morgan fingerprint density at radius 1 is 1.21 bits per heavy atom. The summed E-state index contributed by atoms with van der Waals surface area (Å²) >= 11 is 6.07. The smallest absolute Gasteiger partial charge is 0.259 e. The fraction of sp³-hybridized carbons (Fsp3) is 0.316. The van der Waals surface area contributed by atoms with Crippen molar-refractivity contribution in [3.05, 3.63) is 53.1 Å². The molecule has 28 heavy (non-hydrogen) atoms. The molecule has 0 aromatic heterocycles. The minimum absolute atomic E-state index is 0.0565. The van der Waals surface area contributed by atoms with Gasteiger partial charge in [-0.15, -0.1) is 0 Å². The molecule has 1 amide bonds. The van der Waals surface area contributed by atoms with Crippen molar-refractivity contribution in [2.45, 2.75) is 36.3 Å². The summed E-state index contributed by atoms with van der Waals surface area (Å²) in [6.07, 6.45) is 0.993. The highest BCUT2D eigenvalue weighted by Gasteiger charge is 2.28. The molecular weight excluding hydrogens is 404 g/mol. The van der Waals surface area contributed by atoms with Gasteiger partial charge >= 0.3 is 0 Å². The first-order valence-electron chi connectivity index (χ1n) is 8.74. The number of aliphatic hydroxyl groups is 1. The van der Waals surface area contributed by atoms with E-state index in [-0.39, 0.29) is 22.3 Å². The molecule has 2 aromatic carbocycles. The molecule has 0 aliphatic heterocycles. The SMILES string of the molecule is COc1ccc(S(=O)(=O)N[C@@H]2CC[C@H](O)C2)cc1C(=O)Nc1ccccc1Cl. The maximum absolute atomic E-state index is 12.7. The molecule has 2 aromatic rings. The van der Waals surface area contributed by atoms with Gasteiger partial charge in [0.1, 0.15) is 5.75 Å². The van der Waals surface area contributed by atoms with Crippen LogP contribution < -0.4 is 14.8 Å². The number of benzene rings is 2. The Labute approximate surface area is 168 Å². The maximum atomic E-state index is 12.7. The number of hydrogen-bond donors (Lipinski definition) is 3. The lowest BCUT2D eigenvalue weighted by Crippen LogP contribution is -2.33. The zero-order valence-corrected chi connectivity index (χ0v) is 16.8. The number of anilines is 1. The molecule has 3 N–H and O–H groups in total. The van der Waals surface area contributed by atoms with E-state index in [9.17, 15) is 18.3 Å². The van der Waals surface area contributed by atoms with Crippen LogP contribution in [0.25, 0.3) is 0 Å². The van der Waals surface area contributed by atoms with Gasteiger partial charge < -0.3 is 15.2 Å². The van der Waals surface area contributed by atoms with Gasteiger partial charge in [0.05, 0.1) is 34.4 Å². The summed E-state index contributed by atoms with van der Waals surface area (Å²) in [4.78, 5) is 12.7. The van der Waals surface area contributed by atoms with Crippen molar-refractivity contribution in [2.24, 2.45) is 0 Å². The number of para-hydroxylation sites is 1. The molecule has 0 unspecified atom stereocenters. The van der Waals surface area contributed by atoms with E-state index in [2.05, 4.69) is 10.0 Å². The highest BCUT2D eigenvalue weighted by molar-refractivity contribution is 7.89. The van der Waals surface area contributed by atoms with Crippen LogP contribution in [0.3, 0.4) is 0 Å². The van der Waals surface area contributed by atoms with E-state index in [0.29, 0.717) is 30.0 Å². The van der Waals surface area contributed by atoms with E-state index in [4.69, 9.17) is 16.3 Å². The Bertz CT molecular complexity index is 980. The van der Waals surface area contributed by atoms with Crippen molar-refractivity contribution < 1.29 is 23.1 Å². The summed E-state index contributed by atoms with van der Waals surface area (Å²) in [6, 6.07) is 10.5. The number of carbonyl (C=O) groups is 1. The average Bonchev–Trinajstić information content (AvgIpc) is 3.07. The molecule has 0 heterocycles. The molecule has 9 heteroatoms. The summed E-state index contributed by atoms with van der Waals surface area (Å²) < 4.78 is 33.2. The predicted octanol–water partition coefficient (Wildman–Crippen LogP) is 2.79. The van der Waals surface area contributed by atoms with Crippen molar-refractivity contribution in [1.29, 1.82) is 0 Å². The number of carbonyl (C=O) groups excluding carboxylic acids is 1. The first-order valence-corrected chi connectivity index (χ1v) is 10.6. The molecule has 0 spiro atoms. The third-order valence-corrected chi connectivity index (χ3v) is 6.42. The third-order valence-electron chi connectivity index (χ3n) is 4.57. The highest BCUT2D eigenvalue weighted by atomic mass is 35.5. The molecule has 150 valence electrons. The summed E-state index contributed by atoms with van der Waals surface area (Å²) in [5, 5.41) is 12.6. The number of ether oxygens (including phenoxy) is 1. The summed E-state index contributed by atoms with van der Waals surface area (Å²) in [5.74, 6) is -0.307. The fourth-order valence-electron chi connectivity index (χ4n) is 3.14. The molecule has 1 aliphatic carbocycles. The van der Waals surface area contributed by atoms with Gasteiger partial charge in [0.25, 0.3) is 5.91 Å². The highest BCUT2D eigenvalue weighted by Crippen LogP contribution is 2.27. The van der Waals surface area contributed by atoms with Gasteiger partial charge in [-0.1, -0.05) is 23.7 Å². The minimum Gasteiger partial charge on any atom is -0.496 e. The Hall–Kier alpha value is -2.13. The molecule has 1 fully saturated rings. The number of rotatable bonds is 6. The number of methoxy groups -OCH3 is 1. The average molecular weight is 425 g/mol. The van der Waals surface area contributed by atoms with Gasteiger partial charge in [0.2, 0.25) is 10.0 Å². The van der Waals surface area contributed by atoms with E-state index in [1.807, 2.05) is 0 Å². The number of hydrogen-bond acceptors (Lipinski definition) is 5. The maximum Gasteiger partial charge on any atom is 0.259 e. The lowest BCUT2D eigenvalue weighted by atomic mass is 10.2. The normalized spacial score (nSPS) is 19.4. The van der Waals surface area contributed by atoms with E-state index < -0.39 is 22.0 Å². The number of nitrogens with one attached hydrogen (secondary N) is 2. The van der Waals surface area contributed by atoms with Gasteiger partial charge in [-0.25, -0.2) is 13.1 Å². The molecule has 1 aliphatic rings. The monoisotopic (exact) mass is 424 g/mol. The Morgan fingerprint density at radius 3 is 2.61 bits per heavy atom. The van der Waals surface area contributed by atoms with E-state index in [1.165, 1.54) is 25.3 Å². The van der Waals surface area contributed by atoms with Crippen LogP contribution in [0.1, 0.15) is 29.6 Å². The van der Waals surface area contributed by atoms with Crippen molar-refractivity contribution in [2.75, 3.05) is 12.4 Å². The Balaban J connectivity index is 1.87. The van der Waals surface area contributed by atoms with Crippen molar-refractivity contribution in [1.82, 2.24) is 4.72 Å². The van der Waals surface area contributed by atoms with Crippen LogP contribution in [-0.4, -0.2) is 38.7 Å². The van der Waals surface area contributed by atoms with Crippen molar-refractivity contribution in [3.8, 4) is 5.75 Å². The van der Waals surface area contributed by atoms with Crippen LogP contribution in [0, 0.1) is 0 Å². The molecule has 0 bridgehead atoms. The van der Waals surface area contributed by atoms with Crippen LogP contribution in [0.4, 0.5) is 5.69 Å². The predicted molar refractivity (Wildman–Crippen MR) is 106 cm³/mol. The van der Waals surface area contributed by atoms with E-state index in [0.717, 1.165) is 0 Å². The van der Waals surface area contributed by atoms with Crippen LogP contribution in [0.15, 0.2) is 47.4 Å². The van der Waals surface area contributed by atoms with Gasteiger partial charge in [-0.2, -0.15) is 0 Å². The lowest BCUT2D eigenvalue weighted by Gasteiger charge is -2.15. The van der Waals surface area contributed by atoms with Crippen molar-refractivity contribution >= 4 is 33.2 Å². The van der Waals surface area contributed by atoms with Gasteiger partial charge in [-0.05, 0) is 49.6 Å². The number of aliphatic hydroxyl groups excluding tert-OH is 1. The number of amides is 1. The van der Waals surface area contributed by atoms with Crippen LogP contribution >= 0.6 is 11.6 Å². The first kappa shape index (κ1) is 20.6. The summed E-state index contributed by atoms with van der Waals surface area (Å²) in [6.45, 7) is 0. The summed E-state index contributed by atoms with van der Waals surface area (Å²) in [5.41, 5.74) is 0.472. The number of halogens is 1. The lowest BCUT2D eigenvalue weighted by molar-refractivity contribution is 0.102. The molecule has 3 rings (SSSR count). The first-order chi connectivity index (χ1) is 13.3.